The van der Waals surface area contributed by atoms with Gasteiger partial charge in [0.05, 0.1) is 0 Å². The van der Waals surface area contributed by atoms with Crippen molar-refractivity contribution in [1.29, 1.82) is 0 Å². The van der Waals surface area contributed by atoms with Crippen molar-refractivity contribution in [1.82, 2.24) is 20.2 Å². The van der Waals surface area contributed by atoms with Crippen LogP contribution in [0.1, 0.15) is 32.8 Å². The molecule has 0 amide bonds. The lowest BCUT2D eigenvalue weighted by atomic mass is 10.1. The molecular formula is C16H29N5. The van der Waals surface area contributed by atoms with E-state index in [-0.39, 0.29) is 5.54 Å². The maximum atomic E-state index is 4.50. The molecule has 1 aliphatic rings. The second kappa shape index (κ2) is 6.71. The molecule has 0 spiro atoms. The maximum Gasteiger partial charge on any atom is 0.225 e. The van der Waals surface area contributed by atoms with E-state index in [1.54, 1.807) is 0 Å². The van der Waals surface area contributed by atoms with E-state index in [0.29, 0.717) is 0 Å². The summed E-state index contributed by atoms with van der Waals surface area (Å²) >= 11 is 0. The van der Waals surface area contributed by atoms with E-state index in [4.69, 9.17) is 0 Å². The molecule has 1 fully saturated rings. The van der Waals surface area contributed by atoms with E-state index in [9.17, 15) is 0 Å². The molecule has 1 aromatic heterocycles. The number of likely N-dealkylation sites (tertiary alicyclic amines) is 1. The SMILES string of the molecule is CN1CCC(CN(C)c2ncc(CNC(C)(C)C)cn2)C1. The third-order valence-electron chi connectivity index (χ3n) is 3.88. The summed E-state index contributed by atoms with van der Waals surface area (Å²) in [7, 11) is 4.27. The van der Waals surface area contributed by atoms with Crippen LogP contribution in [0.2, 0.25) is 0 Å². The van der Waals surface area contributed by atoms with E-state index >= 15 is 0 Å². The molecule has 118 valence electrons. The Hall–Kier alpha value is -1.20. The fraction of sp³-hybridized carbons (Fsp3) is 0.750. The van der Waals surface area contributed by atoms with Crippen molar-refractivity contribution >= 4 is 5.95 Å². The summed E-state index contributed by atoms with van der Waals surface area (Å²) in [4.78, 5) is 13.6. The molecule has 0 bridgehead atoms. The lowest BCUT2D eigenvalue weighted by molar-refractivity contribution is 0.395. The van der Waals surface area contributed by atoms with Crippen LogP contribution < -0.4 is 10.2 Å². The van der Waals surface area contributed by atoms with Crippen molar-refractivity contribution < 1.29 is 0 Å². The number of hydrogen-bond donors (Lipinski definition) is 1. The smallest absolute Gasteiger partial charge is 0.225 e. The highest BCUT2D eigenvalue weighted by molar-refractivity contribution is 5.28. The van der Waals surface area contributed by atoms with Crippen LogP contribution in [-0.2, 0) is 6.54 Å². The molecule has 0 saturated carbocycles. The second-order valence-electron chi connectivity index (χ2n) is 7.29. The van der Waals surface area contributed by atoms with E-state index in [0.717, 1.165) is 30.5 Å². The molecule has 2 rings (SSSR count). The van der Waals surface area contributed by atoms with Crippen LogP contribution in [0.3, 0.4) is 0 Å². The van der Waals surface area contributed by atoms with Crippen LogP contribution >= 0.6 is 0 Å². The average Bonchev–Trinajstić information content (AvgIpc) is 2.81. The molecule has 1 N–H and O–H groups in total. The van der Waals surface area contributed by atoms with Gasteiger partial charge in [-0.25, -0.2) is 9.97 Å². The third-order valence-corrected chi connectivity index (χ3v) is 3.88. The first-order chi connectivity index (χ1) is 9.83. The number of nitrogens with zero attached hydrogens (tertiary/aromatic N) is 4. The predicted octanol–water partition coefficient (Wildman–Crippen LogP) is 1.75. The van der Waals surface area contributed by atoms with E-state index in [1.807, 2.05) is 12.4 Å². The van der Waals surface area contributed by atoms with Gasteiger partial charge in [-0.15, -0.1) is 0 Å². The zero-order valence-corrected chi connectivity index (χ0v) is 14.1. The van der Waals surface area contributed by atoms with Crippen LogP contribution in [0.5, 0.6) is 0 Å². The van der Waals surface area contributed by atoms with Gasteiger partial charge in [0.15, 0.2) is 0 Å². The number of aromatic nitrogens is 2. The molecule has 0 aliphatic carbocycles. The zero-order chi connectivity index (χ0) is 15.5. The molecule has 5 nitrogen and oxygen atoms in total. The Balaban J connectivity index is 1.86. The van der Waals surface area contributed by atoms with Crippen molar-refractivity contribution in [2.24, 2.45) is 5.92 Å². The minimum absolute atomic E-state index is 0.115. The molecule has 0 radical (unpaired) electrons. The molecule has 1 atom stereocenters. The molecule has 5 heteroatoms. The number of hydrogen-bond acceptors (Lipinski definition) is 5. The molecule has 21 heavy (non-hydrogen) atoms. The van der Waals surface area contributed by atoms with Crippen molar-refractivity contribution in [2.75, 3.05) is 38.6 Å². The van der Waals surface area contributed by atoms with Crippen molar-refractivity contribution in [3.05, 3.63) is 18.0 Å². The van der Waals surface area contributed by atoms with E-state index in [1.165, 1.54) is 19.5 Å². The van der Waals surface area contributed by atoms with Crippen LogP contribution in [-0.4, -0.2) is 54.1 Å². The van der Waals surface area contributed by atoms with Gasteiger partial charge in [0.25, 0.3) is 0 Å². The molecule has 1 saturated heterocycles. The van der Waals surface area contributed by atoms with Gasteiger partial charge in [-0.3, -0.25) is 0 Å². The Morgan fingerprint density at radius 3 is 2.52 bits per heavy atom. The summed E-state index contributed by atoms with van der Waals surface area (Å²) in [6, 6.07) is 0. The van der Waals surface area contributed by atoms with Crippen molar-refractivity contribution in [3.8, 4) is 0 Å². The lowest BCUT2D eigenvalue weighted by Crippen LogP contribution is -2.35. The normalized spacial score (nSPS) is 20.0. The number of nitrogens with one attached hydrogen (secondary N) is 1. The molecule has 1 aromatic rings. The number of anilines is 1. The highest BCUT2D eigenvalue weighted by Gasteiger charge is 2.21. The van der Waals surface area contributed by atoms with Crippen LogP contribution in [0.25, 0.3) is 0 Å². The first-order valence-electron chi connectivity index (χ1n) is 7.79. The van der Waals surface area contributed by atoms with Gasteiger partial charge in [-0.1, -0.05) is 0 Å². The van der Waals surface area contributed by atoms with E-state index in [2.05, 4.69) is 60.0 Å². The van der Waals surface area contributed by atoms with Gasteiger partial charge >= 0.3 is 0 Å². The lowest BCUT2D eigenvalue weighted by Gasteiger charge is -2.22. The molecule has 1 unspecified atom stereocenters. The van der Waals surface area contributed by atoms with Gasteiger partial charge in [0.2, 0.25) is 5.95 Å². The van der Waals surface area contributed by atoms with Gasteiger partial charge in [0.1, 0.15) is 0 Å². The summed E-state index contributed by atoms with van der Waals surface area (Å²) in [5.41, 5.74) is 1.24. The Kier molecular flexibility index (Phi) is 5.17. The molecule has 0 aromatic carbocycles. The van der Waals surface area contributed by atoms with Gasteiger partial charge < -0.3 is 15.1 Å². The average molecular weight is 291 g/mol. The second-order valence-corrected chi connectivity index (χ2v) is 7.29. The largest absolute Gasteiger partial charge is 0.344 e. The van der Waals surface area contributed by atoms with Gasteiger partial charge in [-0.05, 0) is 46.7 Å². The predicted molar refractivity (Wildman–Crippen MR) is 87.5 cm³/mol. The van der Waals surface area contributed by atoms with Crippen LogP contribution in [0.4, 0.5) is 5.95 Å². The van der Waals surface area contributed by atoms with Crippen molar-refractivity contribution in [3.63, 3.8) is 0 Å². The summed E-state index contributed by atoms with van der Waals surface area (Å²) < 4.78 is 0. The third kappa shape index (κ3) is 5.25. The summed E-state index contributed by atoms with van der Waals surface area (Å²) in [6.45, 7) is 10.7. The number of rotatable bonds is 5. The Morgan fingerprint density at radius 2 is 2.00 bits per heavy atom. The summed E-state index contributed by atoms with van der Waals surface area (Å²) in [5.74, 6) is 1.55. The highest BCUT2D eigenvalue weighted by Crippen LogP contribution is 2.17. The molecule has 2 heterocycles. The van der Waals surface area contributed by atoms with Gasteiger partial charge in [-0.2, -0.15) is 0 Å². The highest BCUT2D eigenvalue weighted by atomic mass is 15.2. The van der Waals surface area contributed by atoms with Gasteiger partial charge in [0, 0.05) is 50.2 Å². The fourth-order valence-electron chi connectivity index (χ4n) is 2.65. The quantitative estimate of drug-likeness (QED) is 0.895. The van der Waals surface area contributed by atoms with Crippen molar-refractivity contribution in [2.45, 2.75) is 39.3 Å². The first-order valence-corrected chi connectivity index (χ1v) is 7.79. The molecular weight excluding hydrogens is 262 g/mol. The zero-order valence-electron chi connectivity index (χ0n) is 14.1. The Labute approximate surface area is 128 Å². The van der Waals surface area contributed by atoms with Crippen LogP contribution in [0.15, 0.2) is 12.4 Å². The monoisotopic (exact) mass is 291 g/mol. The summed E-state index contributed by atoms with van der Waals surface area (Å²) in [5, 5.41) is 3.45. The topological polar surface area (TPSA) is 44.3 Å². The first kappa shape index (κ1) is 16.2. The molecule has 1 aliphatic heterocycles. The maximum absolute atomic E-state index is 4.50. The minimum Gasteiger partial charge on any atom is -0.344 e. The fourth-order valence-corrected chi connectivity index (χ4v) is 2.65. The Bertz CT molecular complexity index is 437. The van der Waals surface area contributed by atoms with E-state index < -0.39 is 0 Å². The van der Waals surface area contributed by atoms with Crippen LogP contribution in [0, 0.1) is 5.92 Å². The minimum atomic E-state index is 0.115. The Morgan fingerprint density at radius 1 is 1.33 bits per heavy atom. The standard InChI is InChI=1S/C16H29N5/c1-16(2,3)19-10-14-8-17-15(18-9-14)21(5)12-13-6-7-20(4)11-13/h8-9,13,19H,6-7,10-12H2,1-5H3. The summed E-state index contributed by atoms with van der Waals surface area (Å²) in [6.07, 6.45) is 5.13.